The van der Waals surface area contributed by atoms with E-state index in [1.54, 1.807) is 42.5 Å². The Hall–Kier alpha value is -3.04. The third-order valence-electron chi connectivity index (χ3n) is 4.43. The van der Waals surface area contributed by atoms with Gasteiger partial charge in [-0.2, -0.15) is 11.3 Å². The summed E-state index contributed by atoms with van der Waals surface area (Å²) in [6.07, 6.45) is 0.152. The predicted molar refractivity (Wildman–Crippen MR) is 108 cm³/mol. The van der Waals surface area contributed by atoms with Crippen LogP contribution in [0.15, 0.2) is 46.5 Å². The topological polar surface area (TPSA) is 100 Å². The molecular formula is C19H16N4O3S2. The number of imide groups is 1. The van der Waals surface area contributed by atoms with Gasteiger partial charge < -0.3 is 10.6 Å². The molecule has 3 heterocycles. The largest absolute Gasteiger partial charge is 0.326 e. The monoisotopic (exact) mass is 412 g/mol. The molecule has 28 heavy (non-hydrogen) atoms. The van der Waals surface area contributed by atoms with E-state index in [1.165, 1.54) is 11.3 Å². The summed E-state index contributed by atoms with van der Waals surface area (Å²) in [5.74, 6) is -0.631. The summed E-state index contributed by atoms with van der Waals surface area (Å²) < 4.78 is 0. The van der Waals surface area contributed by atoms with Crippen LogP contribution in [0.25, 0.3) is 10.6 Å². The number of carbonyl (C=O) groups is 3. The first-order valence-electron chi connectivity index (χ1n) is 8.45. The molecule has 0 aliphatic carbocycles. The minimum absolute atomic E-state index is 0.152. The van der Waals surface area contributed by atoms with Crippen molar-refractivity contribution in [3.63, 3.8) is 0 Å². The van der Waals surface area contributed by atoms with Gasteiger partial charge in [-0.1, -0.05) is 12.1 Å². The van der Waals surface area contributed by atoms with Gasteiger partial charge in [0.05, 0.1) is 12.1 Å². The van der Waals surface area contributed by atoms with Crippen LogP contribution < -0.4 is 16.0 Å². The van der Waals surface area contributed by atoms with Gasteiger partial charge in [-0.3, -0.25) is 14.9 Å². The molecule has 0 bridgehead atoms. The molecule has 7 nitrogen and oxygen atoms in total. The molecule has 1 aliphatic heterocycles. The molecule has 1 fully saturated rings. The van der Waals surface area contributed by atoms with Crippen molar-refractivity contribution in [1.29, 1.82) is 0 Å². The van der Waals surface area contributed by atoms with Crippen LogP contribution in [0.2, 0.25) is 0 Å². The van der Waals surface area contributed by atoms with E-state index in [9.17, 15) is 14.4 Å². The van der Waals surface area contributed by atoms with E-state index in [-0.39, 0.29) is 12.3 Å². The highest BCUT2D eigenvalue weighted by molar-refractivity contribution is 7.14. The first-order valence-corrected chi connectivity index (χ1v) is 10.3. The van der Waals surface area contributed by atoms with Crippen LogP contribution in [0.4, 0.5) is 10.5 Å². The lowest BCUT2D eigenvalue weighted by molar-refractivity contribution is -0.123. The molecule has 1 aliphatic rings. The summed E-state index contributed by atoms with van der Waals surface area (Å²) in [4.78, 5) is 40.5. The van der Waals surface area contributed by atoms with Crippen molar-refractivity contribution < 1.29 is 14.4 Å². The van der Waals surface area contributed by atoms with Crippen molar-refractivity contribution in [3.05, 3.63) is 57.7 Å². The Balaban J connectivity index is 1.45. The molecule has 0 spiro atoms. The third kappa shape index (κ3) is 3.54. The van der Waals surface area contributed by atoms with E-state index in [0.717, 1.165) is 10.6 Å². The van der Waals surface area contributed by atoms with E-state index in [1.807, 2.05) is 22.2 Å². The summed E-state index contributed by atoms with van der Waals surface area (Å²) in [5, 5.41) is 14.4. The number of urea groups is 1. The number of nitrogens with one attached hydrogen (secondary N) is 3. The van der Waals surface area contributed by atoms with Gasteiger partial charge in [0.2, 0.25) is 5.91 Å². The van der Waals surface area contributed by atoms with Gasteiger partial charge in [-0.25, -0.2) is 9.78 Å². The average molecular weight is 412 g/mol. The maximum Gasteiger partial charge on any atom is 0.322 e. The normalized spacial score (nSPS) is 18.6. The van der Waals surface area contributed by atoms with Crippen LogP contribution in [-0.4, -0.2) is 22.8 Å². The van der Waals surface area contributed by atoms with Crippen molar-refractivity contribution in [2.45, 2.75) is 18.9 Å². The quantitative estimate of drug-likeness (QED) is 0.561. The molecule has 1 aromatic carbocycles. The average Bonchev–Trinajstić information content (AvgIpc) is 3.37. The van der Waals surface area contributed by atoms with Crippen LogP contribution in [0.1, 0.15) is 18.2 Å². The zero-order chi connectivity index (χ0) is 19.7. The number of nitrogens with zero attached hydrogens (tertiary/aromatic N) is 1. The molecule has 2 aromatic heterocycles. The van der Waals surface area contributed by atoms with E-state index in [0.29, 0.717) is 16.9 Å². The van der Waals surface area contributed by atoms with Gasteiger partial charge in [0.1, 0.15) is 10.5 Å². The second kappa shape index (κ2) is 7.17. The molecule has 0 saturated carbocycles. The number of thiophene rings is 1. The van der Waals surface area contributed by atoms with E-state index in [4.69, 9.17) is 0 Å². The van der Waals surface area contributed by atoms with Crippen molar-refractivity contribution in [3.8, 4) is 10.6 Å². The second-order valence-electron chi connectivity index (χ2n) is 6.50. The molecule has 0 unspecified atom stereocenters. The number of rotatable bonds is 5. The molecule has 4 amide bonds. The highest BCUT2D eigenvalue weighted by atomic mass is 32.1. The first-order chi connectivity index (χ1) is 13.4. The van der Waals surface area contributed by atoms with Gasteiger partial charge in [0.15, 0.2) is 0 Å². The van der Waals surface area contributed by atoms with E-state index >= 15 is 0 Å². The number of anilines is 1. The Morgan fingerprint density at radius 1 is 1.25 bits per heavy atom. The molecule has 1 saturated heterocycles. The summed E-state index contributed by atoms with van der Waals surface area (Å²) in [6, 6.07) is 8.34. The second-order valence-corrected chi connectivity index (χ2v) is 8.13. The lowest BCUT2D eigenvalue weighted by atomic mass is 9.92. The van der Waals surface area contributed by atoms with Gasteiger partial charge in [0, 0.05) is 22.0 Å². The zero-order valence-electron chi connectivity index (χ0n) is 14.8. The summed E-state index contributed by atoms with van der Waals surface area (Å²) in [5.41, 5.74) is 1.73. The van der Waals surface area contributed by atoms with Crippen molar-refractivity contribution in [1.82, 2.24) is 15.6 Å². The number of carbonyl (C=O) groups excluding carboxylic acids is 3. The molecule has 4 rings (SSSR count). The highest BCUT2D eigenvalue weighted by Gasteiger charge is 2.43. The summed E-state index contributed by atoms with van der Waals surface area (Å²) >= 11 is 3.11. The third-order valence-corrected chi connectivity index (χ3v) is 6.05. The van der Waals surface area contributed by atoms with Crippen LogP contribution in [0.3, 0.4) is 0 Å². The smallest absolute Gasteiger partial charge is 0.322 e. The first kappa shape index (κ1) is 18.3. The minimum Gasteiger partial charge on any atom is -0.326 e. The highest BCUT2D eigenvalue weighted by Crippen LogP contribution is 2.27. The van der Waals surface area contributed by atoms with Crippen molar-refractivity contribution >= 4 is 46.2 Å². The molecule has 142 valence electrons. The van der Waals surface area contributed by atoms with E-state index in [2.05, 4.69) is 20.9 Å². The molecule has 3 aromatic rings. The molecule has 9 heteroatoms. The number of hydrogen-bond acceptors (Lipinski definition) is 6. The fourth-order valence-corrected chi connectivity index (χ4v) is 4.46. The molecular weight excluding hydrogens is 396 g/mol. The number of hydrogen-bond donors (Lipinski definition) is 3. The fourth-order valence-electron chi connectivity index (χ4n) is 2.93. The zero-order valence-corrected chi connectivity index (χ0v) is 16.4. The van der Waals surface area contributed by atoms with Gasteiger partial charge in [-0.05, 0) is 36.1 Å². The minimum atomic E-state index is -1.16. The molecule has 1 atom stereocenters. The predicted octanol–water partition coefficient (Wildman–Crippen LogP) is 3.11. The van der Waals surface area contributed by atoms with Gasteiger partial charge >= 0.3 is 6.03 Å². The molecule has 3 N–H and O–H groups in total. The number of amides is 4. The van der Waals surface area contributed by atoms with Gasteiger partial charge in [0.25, 0.3) is 5.91 Å². The Labute approximate surface area is 168 Å². The Kier molecular flexibility index (Phi) is 4.70. The Morgan fingerprint density at radius 3 is 2.82 bits per heavy atom. The van der Waals surface area contributed by atoms with E-state index < -0.39 is 17.5 Å². The number of aromatic nitrogens is 1. The van der Waals surface area contributed by atoms with Crippen LogP contribution >= 0.6 is 22.7 Å². The molecule has 0 radical (unpaired) electrons. The van der Waals surface area contributed by atoms with Gasteiger partial charge in [-0.15, -0.1) is 11.3 Å². The lowest BCUT2D eigenvalue weighted by Gasteiger charge is -2.21. The fraction of sp³-hybridized carbons (Fsp3) is 0.158. The summed E-state index contributed by atoms with van der Waals surface area (Å²) in [6.45, 7) is 1.62. The van der Waals surface area contributed by atoms with Crippen LogP contribution in [0, 0.1) is 0 Å². The standard InChI is InChI=1S/C19H16N4O3S2/c1-19(17(25)22-18(26)23-19)12-3-2-4-13(7-12)20-15(24)8-14-10-28-16(21-14)11-5-6-27-9-11/h2-7,9-10H,8H2,1H3,(H,20,24)(H2,22,23,25,26)/t19-/m0/s1. The Morgan fingerprint density at radius 2 is 2.11 bits per heavy atom. The van der Waals surface area contributed by atoms with Crippen molar-refractivity contribution in [2.75, 3.05) is 5.32 Å². The van der Waals surface area contributed by atoms with Crippen LogP contribution in [0.5, 0.6) is 0 Å². The maximum atomic E-state index is 12.4. The number of benzene rings is 1. The summed E-state index contributed by atoms with van der Waals surface area (Å²) in [7, 11) is 0. The Bertz CT molecular complexity index is 1060. The lowest BCUT2D eigenvalue weighted by Crippen LogP contribution is -2.40. The maximum absolute atomic E-state index is 12.4. The number of thiazole rings is 1. The van der Waals surface area contributed by atoms with Crippen molar-refractivity contribution in [2.24, 2.45) is 0 Å². The SMILES string of the molecule is C[C@@]1(c2cccc(NC(=O)Cc3csc(-c4ccsc4)n3)c2)NC(=O)NC1=O. The van der Waals surface area contributed by atoms with Crippen LogP contribution in [-0.2, 0) is 21.5 Å².